The first-order valence-electron chi connectivity index (χ1n) is 4.96. The third kappa shape index (κ3) is 2.53. The Morgan fingerprint density at radius 3 is 3.00 bits per heavy atom. The smallest absolute Gasteiger partial charge is 0.273 e. The maximum atomic E-state index is 12.7. The first-order chi connectivity index (χ1) is 8.59. The minimum Gasteiger partial charge on any atom is -0.343 e. The summed E-state index contributed by atoms with van der Waals surface area (Å²) in [7, 11) is 1.49. The summed E-state index contributed by atoms with van der Waals surface area (Å²) in [4.78, 5) is 16.8. The van der Waals surface area contributed by atoms with Gasteiger partial charge in [-0.3, -0.25) is 4.79 Å². The molecule has 0 aliphatic rings. The molecule has 18 heavy (non-hydrogen) atoms. The Bertz CT molecular complexity index is 527. The van der Waals surface area contributed by atoms with Crippen LogP contribution < -0.4 is 0 Å². The second-order valence-corrected chi connectivity index (χ2v) is 4.46. The van der Waals surface area contributed by atoms with Gasteiger partial charge in [0.25, 0.3) is 12.3 Å². The van der Waals surface area contributed by atoms with Crippen LogP contribution in [0.2, 0.25) is 0 Å². The molecule has 96 valence electrons. The highest BCUT2D eigenvalue weighted by Gasteiger charge is 2.22. The number of hydrogen-bond donors (Lipinski definition) is 0. The molecular formula is C10H9F2N3O2S. The molecule has 2 aromatic rings. The maximum absolute atomic E-state index is 12.7. The average molecular weight is 273 g/mol. The number of carbonyl (C=O) groups excluding carboxylic acids is 1. The van der Waals surface area contributed by atoms with Crippen LogP contribution in [0.1, 0.15) is 27.5 Å². The highest BCUT2D eigenvalue weighted by Crippen LogP contribution is 2.29. The number of rotatable bonds is 4. The zero-order chi connectivity index (χ0) is 13.1. The predicted molar refractivity (Wildman–Crippen MR) is 59.4 cm³/mol. The lowest BCUT2D eigenvalue weighted by atomic mass is 10.2. The number of hydrogen-bond acceptors (Lipinski definition) is 5. The summed E-state index contributed by atoms with van der Waals surface area (Å²) >= 11 is 0.864. The molecule has 1 amide bonds. The van der Waals surface area contributed by atoms with Crippen LogP contribution in [0.5, 0.6) is 0 Å². The normalized spacial score (nSPS) is 10.9. The van der Waals surface area contributed by atoms with Crippen LogP contribution in [0.25, 0.3) is 0 Å². The fraction of sp³-hybridized carbons (Fsp3) is 0.300. The number of carbonyl (C=O) groups is 1. The van der Waals surface area contributed by atoms with E-state index in [9.17, 15) is 13.6 Å². The second kappa shape index (κ2) is 5.21. The Balaban J connectivity index is 2.13. The zero-order valence-electron chi connectivity index (χ0n) is 9.34. The minimum absolute atomic E-state index is 0.0148. The summed E-state index contributed by atoms with van der Waals surface area (Å²) in [5.41, 5.74) is 0.0148. The molecule has 0 atom stereocenters. The van der Waals surface area contributed by atoms with E-state index in [4.69, 9.17) is 0 Å². The highest BCUT2D eigenvalue weighted by molar-refractivity contribution is 7.10. The van der Waals surface area contributed by atoms with Gasteiger partial charge in [0, 0.05) is 7.05 Å². The molecule has 0 spiro atoms. The number of amides is 1. The molecular weight excluding hydrogens is 264 g/mol. The van der Waals surface area contributed by atoms with Gasteiger partial charge in [0.2, 0.25) is 6.39 Å². The van der Waals surface area contributed by atoms with Crippen LogP contribution in [0.15, 0.2) is 22.4 Å². The van der Waals surface area contributed by atoms with E-state index in [1.54, 1.807) is 0 Å². The number of nitrogens with zero attached hydrogens (tertiary/aromatic N) is 3. The van der Waals surface area contributed by atoms with Crippen LogP contribution in [0.3, 0.4) is 0 Å². The summed E-state index contributed by atoms with van der Waals surface area (Å²) < 4.78 is 29.9. The third-order valence-corrected chi connectivity index (χ3v) is 3.18. The lowest BCUT2D eigenvalue weighted by Crippen LogP contribution is -2.27. The van der Waals surface area contributed by atoms with Gasteiger partial charge in [-0.05, 0) is 11.4 Å². The Labute approximate surface area is 105 Å². The Morgan fingerprint density at radius 1 is 1.61 bits per heavy atom. The van der Waals surface area contributed by atoms with E-state index < -0.39 is 12.3 Å². The van der Waals surface area contributed by atoms with Crippen molar-refractivity contribution in [3.8, 4) is 0 Å². The summed E-state index contributed by atoms with van der Waals surface area (Å²) in [6.45, 7) is 0.105. The van der Waals surface area contributed by atoms with Gasteiger partial charge in [0.05, 0.1) is 17.0 Å². The van der Waals surface area contributed by atoms with Crippen molar-refractivity contribution in [2.75, 3.05) is 7.05 Å². The van der Waals surface area contributed by atoms with Crippen molar-refractivity contribution in [3.05, 3.63) is 34.1 Å². The number of aromatic nitrogens is 2. The molecule has 5 nitrogen and oxygen atoms in total. The van der Waals surface area contributed by atoms with Gasteiger partial charge in [-0.1, -0.05) is 5.16 Å². The van der Waals surface area contributed by atoms with E-state index in [2.05, 4.69) is 14.7 Å². The van der Waals surface area contributed by atoms with Crippen molar-refractivity contribution in [2.24, 2.45) is 0 Å². The van der Waals surface area contributed by atoms with Gasteiger partial charge in [0.15, 0.2) is 5.82 Å². The van der Waals surface area contributed by atoms with Gasteiger partial charge in [-0.25, -0.2) is 8.78 Å². The summed E-state index contributed by atoms with van der Waals surface area (Å²) in [6, 6.07) is 1.39. The van der Waals surface area contributed by atoms with Crippen molar-refractivity contribution in [1.29, 1.82) is 0 Å². The Hall–Kier alpha value is -1.83. The van der Waals surface area contributed by atoms with Crippen molar-refractivity contribution in [2.45, 2.75) is 13.0 Å². The van der Waals surface area contributed by atoms with Crippen LogP contribution in [-0.4, -0.2) is 28.0 Å². The lowest BCUT2D eigenvalue weighted by molar-refractivity contribution is 0.0770. The van der Waals surface area contributed by atoms with Crippen molar-refractivity contribution in [1.82, 2.24) is 15.0 Å². The van der Waals surface area contributed by atoms with Crippen LogP contribution >= 0.6 is 11.3 Å². The van der Waals surface area contributed by atoms with E-state index in [1.165, 1.54) is 23.4 Å². The number of thiophene rings is 1. The minimum atomic E-state index is -2.65. The topological polar surface area (TPSA) is 59.2 Å². The van der Waals surface area contributed by atoms with Gasteiger partial charge in [-0.2, -0.15) is 4.98 Å². The van der Waals surface area contributed by atoms with Gasteiger partial charge in [-0.15, -0.1) is 11.3 Å². The molecule has 2 rings (SSSR count). The molecule has 0 radical (unpaired) electrons. The molecule has 0 unspecified atom stereocenters. The summed E-state index contributed by atoms with van der Waals surface area (Å²) in [6.07, 6.45) is -1.51. The third-order valence-electron chi connectivity index (χ3n) is 2.26. The van der Waals surface area contributed by atoms with Crippen molar-refractivity contribution in [3.63, 3.8) is 0 Å². The Kier molecular flexibility index (Phi) is 3.66. The first-order valence-corrected chi connectivity index (χ1v) is 5.84. The fourth-order valence-electron chi connectivity index (χ4n) is 1.42. The molecule has 0 saturated carbocycles. The van der Waals surface area contributed by atoms with Crippen LogP contribution in [0.4, 0.5) is 8.78 Å². The molecule has 0 fully saturated rings. The molecule has 0 N–H and O–H groups in total. The molecule has 2 heterocycles. The largest absolute Gasteiger partial charge is 0.343 e. The van der Waals surface area contributed by atoms with E-state index in [0.29, 0.717) is 5.82 Å². The maximum Gasteiger partial charge on any atom is 0.273 e. The van der Waals surface area contributed by atoms with Crippen molar-refractivity contribution >= 4 is 17.2 Å². The van der Waals surface area contributed by atoms with E-state index in [1.807, 2.05) is 0 Å². The molecule has 0 bridgehead atoms. The highest BCUT2D eigenvalue weighted by atomic mass is 32.1. The monoisotopic (exact) mass is 273 g/mol. The van der Waals surface area contributed by atoms with E-state index in [0.717, 1.165) is 17.7 Å². The van der Waals surface area contributed by atoms with E-state index >= 15 is 0 Å². The number of halogens is 2. The molecule has 2 aromatic heterocycles. The predicted octanol–water partition coefficient (Wildman–Crippen LogP) is 2.34. The summed E-state index contributed by atoms with van der Waals surface area (Å²) in [5, 5.41) is 5.02. The molecule has 0 aliphatic heterocycles. The van der Waals surface area contributed by atoms with Gasteiger partial charge < -0.3 is 9.42 Å². The van der Waals surface area contributed by atoms with Crippen molar-refractivity contribution < 1.29 is 18.1 Å². The fourth-order valence-corrected chi connectivity index (χ4v) is 2.15. The average Bonchev–Trinajstić information content (AvgIpc) is 2.97. The lowest BCUT2D eigenvalue weighted by Gasteiger charge is -2.15. The van der Waals surface area contributed by atoms with Gasteiger partial charge in [0.1, 0.15) is 0 Å². The summed E-state index contributed by atoms with van der Waals surface area (Å²) in [5.74, 6) is -0.170. The zero-order valence-corrected chi connectivity index (χ0v) is 10.2. The molecule has 8 heteroatoms. The Morgan fingerprint density at radius 2 is 2.39 bits per heavy atom. The number of alkyl halides is 2. The quantitative estimate of drug-likeness (QED) is 0.858. The van der Waals surface area contributed by atoms with E-state index in [-0.39, 0.29) is 17.0 Å². The second-order valence-electron chi connectivity index (χ2n) is 3.51. The van der Waals surface area contributed by atoms with Crippen LogP contribution in [-0.2, 0) is 6.54 Å². The molecule has 0 aromatic carbocycles. The standard InChI is InChI=1S/C10H9F2N3O2S/c1-15(4-7-13-5-17-14-7)10(16)6-2-3-18-8(6)9(11)12/h2-3,5,9H,4H2,1H3. The van der Waals surface area contributed by atoms with Gasteiger partial charge >= 0.3 is 0 Å². The first kappa shape index (κ1) is 12.6. The van der Waals surface area contributed by atoms with Crippen LogP contribution in [0, 0.1) is 0 Å². The molecule has 0 aliphatic carbocycles. The molecule has 0 saturated heterocycles. The SMILES string of the molecule is CN(Cc1ncon1)C(=O)c1ccsc1C(F)F.